The van der Waals surface area contributed by atoms with E-state index in [0.717, 1.165) is 6.07 Å². The largest absolute Gasteiger partial charge is 1.00 e. The number of hydrogen-bond donors (Lipinski definition) is 0. The fourth-order valence-electron chi connectivity index (χ4n) is 0.798. The van der Waals surface area contributed by atoms with Crippen molar-refractivity contribution in [3.05, 3.63) is 29.0 Å². The van der Waals surface area contributed by atoms with Gasteiger partial charge in [-0.2, -0.15) is 0 Å². The second kappa shape index (κ2) is 6.46. The molecule has 8 heteroatoms. The third-order valence-electron chi connectivity index (χ3n) is 1.34. The molecule has 0 bridgehead atoms. The summed E-state index contributed by atoms with van der Waals surface area (Å²) in [6.45, 7) is -6.60. The van der Waals surface area contributed by atoms with E-state index in [4.69, 9.17) is 11.6 Å². The van der Waals surface area contributed by atoms with E-state index < -0.39 is 25.1 Å². The van der Waals surface area contributed by atoms with Crippen LogP contribution in [0.3, 0.4) is 0 Å². The Morgan fingerprint density at radius 1 is 1.27 bits per heavy atom. The molecule has 78 valence electrons. The summed E-state index contributed by atoms with van der Waals surface area (Å²) >= 11 is 5.43. The first kappa shape index (κ1) is 15.7. The number of benzene rings is 1. The van der Waals surface area contributed by atoms with Crippen LogP contribution in [0.4, 0.5) is 17.3 Å². The molecule has 0 saturated heterocycles. The molecule has 0 aliphatic carbocycles. The van der Waals surface area contributed by atoms with Crippen LogP contribution in [0, 0.1) is 5.82 Å². The molecule has 1 aromatic rings. The molecular formula is C7H5BClF4KO. The van der Waals surface area contributed by atoms with Gasteiger partial charge in [0.25, 0.3) is 0 Å². The van der Waals surface area contributed by atoms with Gasteiger partial charge in [0.15, 0.2) is 11.6 Å². The van der Waals surface area contributed by atoms with Crippen LogP contribution in [-0.4, -0.2) is 13.5 Å². The number of rotatable bonds is 3. The summed E-state index contributed by atoms with van der Waals surface area (Å²) in [6, 6.07) is 3.51. The summed E-state index contributed by atoms with van der Waals surface area (Å²) in [5.74, 6) is -1.47. The summed E-state index contributed by atoms with van der Waals surface area (Å²) < 4.78 is 52.4. The molecule has 1 rings (SSSR count). The van der Waals surface area contributed by atoms with Gasteiger partial charge in [-0.25, -0.2) is 4.39 Å². The van der Waals surface area contributed by atoms with Gasteiger partial charge in [-0.15, -0.1) is 0 Å². The van der Waals surface area contributed by atoms with E-state index in [0.29, 0.717) is 0 Å². The van der Waals surface area contributed by atoms with Gasteiger partial charge in [-0.3, -0.25) is 0 Å². The predicted molar refractivity (Wildman–Crippen MR) is 46.0 cm³/mol. The Labute approximate surface area is 132 Å². The fourth-order valence-corrected chi connectivity index (χ4v) is 1.02. The zero-order valence-corrected chi connectivity index (χ0v) is 11.7. The van der Waals surface area contributed by atoms with Gasteiger partial charge in [0.2, 0.25) is 0 Å². The second-order valence-electron chi connectivity index (χ2n) is 2.57. The molecule has 0 heterocycles. The normalized spacial score (nSPS) is 10.7. The Balaban J connectivity index is 0.00000196. The molecule has 0 aliphatic rings. The summed E-state index contributed by atoms with van der Waals surface area (Å²) in [5.41, 5.74) is 0. The van der Waals surface area contributed by atoms with E-state index in [-0.39, 0.29) is 56.4 Å². The molecule has 0 fully saturated rings. The van der Waals surface area contributed by atoms with E-state index >= 15 is 0 Å². The van der Waals surface area contributed by atoms with Crippen LogP contribution in [-0.2, 0) is 0 Å². The fraction of sp³-hybridized carbons (Fsp3) is 0.143. The molecule has 1 aromatic carbocycles. The maximum absolute atomic E-state index is 12.9. The number of ether oxygens (including phenoxy) is 1. The SMILES string of the molecule is Fc1cccc(Cl)c1OC[B-](F)(F)F.[K+]. The van der Waals surface area contributed by atoms with Crippen molar-refractivity contribution in [3.8, 4) is 5.75 Å². The van der Waals surface area contributed by atoms with Gasteiger partial charge < -0.3 is 17.7 Å². The maximum Gasteiger partial charge on any atom is 1.00 e. The second-order valence-corrected chi connectivity index (χ2v) is 2.98. The number of halogens is 5. The number of para-hydroxylation sites is 1. The monoisotopic (exact) mass is 266 g/mol. The zero-order valence-electron chi connectivity index (χ0n) is 7.81. The summed E-state index contributed by atoms with van der Waals surface area (Å²) in [7, 11) is 0. The zero-order chi connectivity index (χ0) is 10.8. The Hall–Kier alpha value is 0.731. The number of hydrogen-bond acceptors (Lipinski definition) is 1. The van der Waals surface area contributed by atoms with Gasteiger partial charge in [0, 0.05) is 0 Å². The molecule has 1 nitrogen and oxygen atoms in total. The average Bonchev–Trinajstić information content (AvgIpc) is 2.01. The Kier molecular flexibility index (Phi) is 6.78. The molecule has 0 aromatic heterocycles. The van der Waals surface area contributed by atoms with Gasteiger partial charge in [-0.1, -0.05) is 17.7 Å². The molecule has 0 amide bonds. The van der Waals surface area contributed by atoms with Crippen molar-refractivity contribution in [1.82, 2.24) is 0 Å². The maximum atomic E-state index is 12.9. The van der Waals surface area contributed by atoms with Gasteiger partial charge in [0.05, 0.1) is 11.5 Å². The molecule has 0 aliphatic heterocycles. The summed E-state index contributed by atoms with van der Waals surface area (Å²) in [5, 5.41) is -0.176. The van der Waals surface area contributed by atoms with Crippen LogP contribution in [0.25, 0.3) is 0 Å². The van der Waals surface area contributed by atoms with Crippen molar-refractivity contribution in [2.24, 2.45) is 0 Å². The first-order chi connectivity index (χ1) is 6.40. The van der Waals surface area contributed by atoms with Crippen molar-refractivity contribution < 1.29 is 73.5 Å². The van der Waals surface area contributed by atoms with Crippen molar-refractivity contribution in [2.75, 3.05) is 6.51 Å². The first-order valence-corrected chi connectivity index (χ1v) is 4.06. The minimum absolute atomic E-state index is 0. The average molecular weight is 266 g/mol. The molecule has 0 atom stereocenters. The van der Waals surface area contributed by atoms with Gasteiger partial charge >= 0.3 is 58.4 Å². The van der Waals surface area contributed by atoms with Crippen molar-refractivity contribution in [2.45, 2.75) is 0 Å². The Morgan fingerprint density at radius 2 is 1.87 bits per heavy atom. The molecule has 0 unspecified atom stereocenters. The van der Waals surface area contributed by atoms with E-state index in [2.05, 4.69) is 4.74 Å². The van der Waals surface area contributed by atoms with Crippen molar-refractivity contribution in [3.63, 3.8) is 0 Å². The van der Waals surface area contributed by atoms with E-state index in [1.54, 1.807) is 0 Å². The van der Waals surface area contributed by atoms with Crippen molar-refractivity contribution >= 4 is 18.6 Å². The van der Waals surface area contributed by atoms with Crippen LogP contribution in [0.15, 0.2) is 18.2 Å². The third kappa shape index (κ3) is 5.56. The molecule has 0 N–H and O–H groups in total. The van der Waals surface area contributed by atoms with E-state index in [1.807, 2.05) is 0 Å². The minimum atomic E-state index is -5.10. The van der Waals surface area contributed by atoms with Gasteiger partial charge in [-0.05, 0) is 12.1 Å². The third-order valence-corrected chi connectivity index (χ3v) is 1.63. The van der Waals surface area contributed by atoms with Crippen LogP contribution in [0.1, 0.15) is 0 Å². The van der Waals surface area contributed by atoms with Crippen LogP contribution in [0.5, 0.6) is 5.75 Å². The molecular weight excluding hydrogens is 261 g/mol. The smallest absolute Gasteiger partial charge is 0.518 e. The Bertz CT molecular complexity index is 313. The first-order valence-electron chi connectivity index (χ1n) is 3.68. The van der Waals surface area contributed by atoms with Crippen LogP contribution < -0.4 is 56.1 Å². The summed E-state index contributed by atoms with van der Waals surface area (Å²) in [6.07, 6.45) is 0. The quantitative estimate of drug-likeness (QED) is 0.563. The summed E-state index contributed by atoms with van der Waals surface area (Å²) in [4.78, 5) is 0. The Morgan fingerprint density at radius 3 is 2.33 bits per heavy atom. The van der Waals surface area contributed by atoms with E-state index in [9.17, 15) is 17.3 Å². The van der Waals surface area contributed by atoms with Gasteiger partial charge in [0.1, 0.15) is 0 Å². The molecule has 0 radical (unpaired) electrons. The standard InChI is InChI=1S/C7H5BClF4O.K/c9-5-2-1-3-6(10)7(5)14-4-8(11,12)13;/h1-3H,4H2;/q-1;+1. The topological polar surface area (TPSA) is 9.23 Å². The van der Waals surface area contributed by atoms with Crippen LogP contribution >= 0.6 is 11.6 Å². The molecule has 15 heavy (non-hydrogen) atoms. The van der Waals surface area contributed by atoms with Crippen molar-refractivity contribution in [1.29, 1.82) is 0 Å². The predicted octanol–water partition coefficient (Wildman–Crippen LogP) is 0.248. The molecule has 0 spiro atoms. The van der Waals surface area contributed by atoms with Crippen LogP contribution in [0.2, 0.25) is 5.02 Å². The van der Waals surface area contributed by atoms with E-state index in [1.165, 1.54) is 12.1 Å². The molecule has 0 saturated carbocycles. The minimum Gasteiger partial charge on any atom is -0.518 e.